The fourth-order valence-corrected chi connectivity index (χ4v) is 1.36. The molecule has 0 atom stereocenters. The number of benzene rings is 1. The van der Waals surface area contributed by atoms with Gasteiger partial charge in [0.1, 0.15) is 5.69 Å². The van der Waals surface area contributed by atoms with Crippen LogP contribution in [0.4, 0.5) is 23.2 Å². The monoisotopic (exact) mass is 281 g/mol. The molecule has 0 spiro atoms. The second-order valence-corrected chi connectivity index (χ2v) is 3.73. The van der Waals surface area contributed by atoms with Crippen LogP contribution in [0.3, 0.4) is 0 Å². The Morgan fingerprint density at radius 1 is 1.00 bits per heavy atom. The molecular weight excluding hydrogens is 266 g/mol. The highest BCUT2D eigenvalue weighted by Crippen LogP contribution is 2.23. The summed E-state index contributed by atoms with van der Waals surface area (Å²) >= 11 is 0. The molecule has 0 unspecified atom stereocenters. The van der Waals surface area contributed by atoms with Crippen molar-refractivity contribution in [2.45, 2.75) is 6.42 Å². The maximum absolute atomic E-state index is 13.2. The highest BCUT2D eigenvalue weighted by atomic mass is 19.2. The van der Waals surface area contributed by atoms with Crippen LogP contribution in [-0.2, 0) is 9.47 Å². The summed E-state index contributed by atoms with van der Waals surface area (Å²) in [5.41, 5.74) is -0.797. The number of hydrogen-bond acceptors (Lipinski definition) is 3. The van der Waals surface area contributed by atoms with Gasteiger partial charge < -0.3 is 14.8 Å². The third-order valence-corrected chi connectivity index (χ3v) is 2.31. The van der Waals surface area contributed by atoms with Gasteiger partial charge in [0.2, 0.25) is 0 Å². The van der Waals surface area contributed by atoms with E-state index in [0.29, 0.717) is 26.2 Å². The third-order valence-electron chi connectivity index (χ3n) is 2.31. The molecule has 0 aliphatic rings. The summed E-state index contributed by atoms with van der Waals surface area (Å²) in [7, 11) is 1.54. The fraction of sp³-hybridized carbons (Fsp3) is 0.500. The molecule has 0 aromatic heterocycles. The second-order valence-electron chi connectivity index (χ2n) is 3.73. The first kappa shape index (κ1) is 15.7. The Balaban J connectivity index is 2.41. The third kappa shape index (κ3) is 4.68. The van der Waals surface area contributed by atoms with Gasteiger partial charge in [-0.3, -0.25) is 0 Å². The lowest BCUT2D eigenvalue weighted by molar-refractivity contribution is 0.0705. The predicted octanol–water partition coefficient (Wildman–Crippen LogP) is 2.71. The van der Waals surface area contributed by atoms with Gasteiger partial charge in [-0.1, -0.05) is 0 Å². The van der Waals surface area contributed by atoms with Gasteiger partial charge in [-0.25, -0.2) is 17.6 Å². The molecule has 0 amide bonds. The SMILES string of the molecule is COCCOCCCNc1c(F)c(F)cc(F)c1F. The van der Waals surface area contributed by atoms with Crippen molar-refractivity contribution in [2.75, 3.05) is 38.8 Å². The van der Waals surface area contributed by atoms with Crippen LogP contribution in [0, 0.1) is 23.3 Å². The Morgan fingerprint density at radius 3 is 2.21 bits per heavy atom. The Kier molecular flexibility index (Phi) is 6.58. The molecule has 0 aliphatic heterocycles. The van der Waals surface area contributed by atoms with Crippen LogP contribution in [0.1, 0.15) is 6.42 Å². The Morgan fingerprint density at radius 2 is 1.63 bits per heavy atom. The maximum Gasteiger partial charge on any atom is 0.185 e. The maximum atomic E-state index is 13.2. The summed E-state index contributed by atoms with van der Waals surface area (Å²) in [5.74, 6) is -5.73. The highest BCUT2D eigenvalue weighted by Gasteiger charge is 2.18. The summed E-state index contributed by atoms with van der Waals surface area (Å²) < 4.78 is 62.1. The summed E-state index contributed by atoms with van der Waals surface area (Å²) in [6.07, 6.45) is 0.431. The lowest BCUT2D eigenvalue weighted by atomic mass is 10.2. The number of rotatable bonds is 8. The van der Waals surface area contributed by atoms with Gasteiger partial charge in [0, 0.05) is 26.3 Å². The van der Waals surface area contributed by atoms with Crippen LogP contribution < -0.4 is 5.32 Å². The Labute approximate surface area is 108 Å². The zero-order valence-electron chi connectivity index (χ0n) is 10.4. The van der Waals surface area contributed by atoms with E-state index in [-0.39, 0.29) is 12.6 Å². The zero-order valence-corrected chi connectivity index (χ0v) is 10.4. The Bertz CT molecular complexity index is 389. The molecule has 7 heteroatoms. The predicted molar refractivity (Wildman–Crippen MR) is 62.1 cm³/mol. The van der Waals surface area contributed by atoms with E-state index in [4.69, 9.17) is 9.47 Å². The van der Waals surface area contributed by atoms with E-state index in [1.165, 1.54) is 7.11 Å². The number of methoxy groups -OCH3 is 1. The molecule has 0 bridgehead atoms. The molecule has 19 heavy (non-hydrogen) atoms. The first-order chi connectivity index (χ1) is 9.07. The van der Waals surface area contributed by atoms with Crippen molar-refractivity contribution >= 4 is 5.69 Å². The zero-order chi connectivity index (χ0) is 14.3. The molecule has 1 aromatic carbocycles. The van der Waals surface area contributed by atoms with Crippen molar-refractivity contribution in [1.82, 2.24) is 0 Å². The van der Waals surface area contributed by atoms with Gasteiger partial charge in [0.05, 0.1) is 13.2 Å². The molecule has 0 radical (unpaired) electrons. The molecular formula is C12H15F4NO2. The highest BCUT2D eigenvalue weighted by molar-refractivity contribution is 5.47. The second kappa shape index (κ2) is 7.96. The largest absolute Gasteiger partial charge is 0.382 e. The minimum absolute atomic E-state index is 0.129. The lowest BCUT2D eigenvalue weighted by Gasteiger charge is -2.10. The fourth-order valence-electron chi connectivity index (χ4n) is 1.36. The van der Waals surface area contributed by atoms with Crippen LogP contribution in [0.25, 0.3) is 0 Å². The van der Waals surface area contributed by atoms with E-state index in [2.05, 4.69) is 5.32 Å². The van der Waals surface area contributed by atoms with E-state index in [1.54, 1.807) is 0 Å². The molecule has 0 aliphatic carbocycles. The van der Waals surface area contributed by atoms with Crippen LogP contribution in [0.5, 0.6) is 0 Å². The van der Waals surface area contributed by atoms with Gasteiger partial charge in [0.15, 0.2) is 23.3 Å². The molecule has 0 fully saturated rings. The van der Waals surface area contributed by atoms with E-state index in [0.717, 1.165) is 0 Å². The summed E-state index contributed by atoms with van der Waals surface area (Å²) in [6.45, 7) is 1.33. The quantitative estimate of drug-likeness (QED) is 0.451. The summed E-state index contributed by atoms with van der Waals surface area (Å²) in [4.78, 5) is 0. The van der Waals surface area contributed by atoms with Crippen LogP contribution in [0.15, 0.2) is 6.07 Å². The van der Waals surface area contributed by atoms with E-state index in [9.17, 15) is 17.6 Å². The van der Waals surface area contributed by atoms with Gasteiger partial charge in [-0.2, -0.15) is 0 Å². The summed E-state index contributed by atoms with van der Waals surface area (Å²) in [6, 6.07) is 0.170. The molecule has 1 rings (SSSR count). The van der Waals surface area contributed by atoms with E-state index >= 15 is 0 Å². The smallest absolute Gasteiger partial charge is 0.185 e. The summed E-state index contributed by atoms with van der Waals surface area (Å²) in [5, 5.41) is 2.31. The molecule has 3 nitrogen and oxygen atoms in total. The van der Waals surface area contributed by atoms with Crippen molar-refractivity contribution in [3.8, 4) is 0 Å². The number of anilines is 1. The lowest BCUT2D eigenvalue weighted by Crippen LogP contribution is -2.11. The average molecular weight is 281 g/mol. The number of hydrogen-bond donors (Lipinski definition) is 1. The number of halogens is 4. The molecule has 108 valence electrons. The van der Waals surface area contributed by atoms with Crippen LogP contribution >= 0.6 is 0 Å². The normalized spacial score (nSPS) is 10.8. The Hall–Kier alpha value is -1.34. The molecule has 0 saturated heterocycles. The first-order valence-corrected chi connectivity index (χ1v) is 5.71. The minimum Gasteiger partial charge on any atom is -0.382 e. The van der Waals surface area contributed by atoms with E-state index in [1.807, 2.05) is 0 Å². The molecule has 0 heterocycles. The van der Waals surface area contributed by atoms with Gasteiger partial charge >= 0.3 is 0 Å². The van der Waals surface area contributed by atoms with Gasteiger partial charge in [-0.15, -0.1) is 0 Å². The van der Waals surface area contributed by atoms with Gasteiger partial charge in [-0.05, 0) is 6.42 Å². The van der Waals surface area contributed by atoms with Gasteiger partial charge in [0.25, 0.3) is 0 Å². The number of ether oxygens (including phenoxy) is 2. The molecule has 1 N–H and O–H groups in total. The topological polar surface area (TPSA) is 30.5 Å². The first-order valence-electron chi connectivity index (χ1n) is 5.71. The standard InChI is InChI=1S/C12H15F4NO2/c1-18-5-6-19-4-2-3-17-12-10(15)8(13)7-9(14)11(12)16/h7,17H,2-6H2,1H3. The molecule has 0 saturated carbocycles. The minimum atomic E-state index is -1.43. The number of nitrogens with one attached hydrogen (secondary N) is 1. The van der Waals surface area contributed by atoms with Crippen molar-refractivity contribution in [1.29, 1.82) is 0 Å². The van der Waals surface area contributed by atoms with Crippen molar-refractivity contribution in [3.63, 3.8) is 0 Å². The van der Waals surface area contributed by atoms with Crippen LogP contribution in [-0.4, -0.2) is 33.5 Å². The molecule has 1 aromatic rings. The van der Waals surface area contributed by atoms with Crippen molar-refractivity contribution in [3.05, 3.63) is 29.3 Å². The van der Waals surface area contributed by atoms with Crippen molar-refractivity contribution in [2.24, 2.45) is 0 Å². The van der Waals surface area contributed by atoms with Crippen molar-refractivity contribution < 1.29 is 27.0 Å². The average Bonchev–Trinajstić information content (AvgIpc) is 2.39. The van der Waals surface area contributed by atoms with Crippen LogP contribution in [0.2, 0.25) is 0 Å². The van der Waals surface area contributed by atoms with E-state index < -0.39 is 29.0 Å².